The summed E-state index contributed by atoms with van der Waals surface area (Å²) in [5, 5.41) is 33.1. The number of anilines is 4. The van der Waals surface area contributed by atoms with Crippen LogP contribution in [0.2, 0.25) is 0 Å². The maximum absolute atomic E-state index is 11.3. The molecule has 0 unspecified atom stereocenters. The van der Waals surface area contributed by atoms with Crippen LogP contribution in [0.15, 0.2) is 102 Å². The van der Waals surface area contributed by atoms with Crippen molar-refractivity contribution in [1.29, 1.82) is 15.8 Å². The Kier molecular flexibility index (Phi) is 9.12. The standard InChI is InChI=1S/C46H43N5/c1-5-35-36(28-47)37(29-48)45(38(30-49)43(35)46(4)25-14-15-26-46)50-39-21-12-7-6-8-13-22-40(39)51(44-31(2)17-16-18-32(44)3)42-27-34(23-24-41(42)50)33-19-10-9-11-20-33/h9-13,16-24,27H,5-8,14-15,25-26H2,1-4H3/b21-12-,22-13?. The van der Waals surface area contributed by atoms with Crippen molar-refractivity contribution in [3.05, 3.63) is 141 Å². The molecule has 1 saturated carbocycles. The predicted molar refractivity (Wildman–Crippen MR) is 207 cm³/mol. The number of fused-ring (bicyclic) bond motifs is 1. The van der Waals surface area contributed by atoms with E-state index in [0.717, 1.165) is 107 Å². The van der Waals surface area contributed by atoms with Crippen LogP contribution in [0.3, 0.4) is 0 Å². The highest BCUT2D eigenvalue weighted by Gasteiger charge is 2.41. The quantitative estimate of drug-likeness (QED) is 0.212. The third-order valence-corrected chi connectivity index (χ3v) is 11.1. The topological polar surface area (TPSA) is 77.8 Å². The molecule has 0 saturated heterocycles. The maximum Gasteiger partial charge on any atom is 0.103 e. The third kappa shape index (κ3) is 5.62. The molecule has 4 aromatic rings. The van der Waals surface area contributed by atoms with Crippen LogP contribution < -0.4 is 9.80 Å². The molecular formula is C46H43N5. The normalized spacial score (nSPS) is 17.0. The van der Waals surface area contributed by atoms with Gasteiger partial charge in [0.1, 0.15) is 18.2 Å². The molecule has 2 aliphatic carbocycles. The van der Waals surface area contributed by atoms with Gasteiger partial charge in [-0.2, -0.15) is 15.8 Å². The van der Waals surface area contributed by atoms with Crippen LogP contribution >= 0.6 is 0 Å². The summed E-state index contributed by atoms with van der Waals surface area (Å²) in [7, 11) is 0. The highest BCUT2D eigenvalue weighted by Crippen LogP contribution is 2.55. The number of nitrogens with zero attached hydrogens (tertiary/aromatic N) is 5. The lowest BCUT2D eigenvalue weighted by Crippen LogP contribution is -2.33. The molecule has 1 heterocycles. The Labute approximate surface area is 302 Å². The zero-order valence-electron chi connectivity index (χ0n) is 30.1. The molecule has 0 atom stereocenters. The van der Waals surface area contributed by atoms with Gasteiger partial charge in [0.25, 0.3) is 0 Å². The second-order valence-corrected chi connectivity index (χ2v) is 14.3. The molecule has 1 aliphatic heterocycles. The first-order valence-corrected chi connectivity index (χ1v) is 18.2. The summed E-state index contributed by atoms with van der Waals surface area (Å²) in [4.78, 5) is 4.50. The SMILES string of the molecule is CCc1c(C#N)c(C#N)c(N2C3=C(C=CCCC/C=C\3)N(c3c(C)cccc3C)c3cc(-c4ccccc4)ccc32)c(C#N)c1C1(C)CCCC1. The van der Waals surface area contributed by atoms with Crippen LogP contribution in [0.1, 0.15) is 97.7 Å². The van der Waals surface area contributed by atoms with Gasteiger partial charge in [-0.25, -0.2) is 0 Å². The molecule has 1 fully saturated rings. The van der Waals surface area contributed by atoms with E-state index < -0.39 is 0 Å². The molecule has 0 amide bonds. The van der Waals surface area contributed by atoms with E-state index in [-0.39, 0.29) is 11.0 Å². The molecule has 7 rings (SSSR count). The summed E-state index contributed by atoms with van der Waals surface area (Å²) >= 11 is 0. The number of aryl methyl sites for hydroxylation is 2. The minimum Gasteiger partial charge on any atom is -0.306 e. The van der Waals surface area contributed by atoms with Crippen molar-refractivity contribution in [3.63, 3.8) is 0 Å². The predicted octanol–water partition coefficient (Wildman–Crippen LogP) is 11.8. The lowest BCUT2D eigenvalue weighted by atomic mass is 9.73. The molecule has 0 spiro atoms. The van der Waals surface area contributed by atoms with Crippen molar-refractivity contribution in [1.82, 2.24) is 0 Å². The van der Waals surface area contributed by atoms with Crippen molar-refractivity contribution in [2.24, 2.45) is 0 Å². The van der Waals surface area contributed by atoms with Gasteiger partial charge in [-0.1, -0.05) is 93.4 Å². The Balaban J connectivity index is 1.67. The third-order valence-electron chi connectivity index (χ3n) is 11.1. The first kappa shape index (κ1) is 33.7. The average molecular weight is 666 g/mol. The van der Waals surface area contributed by atoms with Gasteiger partial charge in [0.05, 0.1) is 50.8 Å². The van der Waals surface area contributed by atoms with Crippen molar-refractivity contribution in [2.75, 3.05) is 9.80 Å². The van der Waals surface area contributed by atoms with Gasteiger partial charge in [0.2, 0.25) is 0 Å². The summed E-state index contributed by atoms with van der Waals surface area (Å²) in [6.07, 6.45) is 16.3. The zero-order chi connectivity index (χ0) is 35.7. The van der Waals surface area contributed by atoms with E-state index >= 15 is 0 Å². The summed E-state index contributed by atoms with van der Waals surface area (Å²) in [6.45, 7) is 8.60. The number of nitriles is 3. The molecule has 4 aromatic carbocycles. The van der Waals surface area contributed by atoms with E-state index in [1.165, 1.54) is 0 Å². The Morgan fingerprint density at radius 2 is 1.25 bits per heavy atom. The van der Waals surface area contributed by atoms with Crippen LogP contribution in [0.25, 0.3) is 11.1 Å². The second kappa shape index (κ2) is 13.8. The van der Waals surface area contributed by atoms with E-state index in [1.807, 2.05) is 13.0 Å². The van der Waals surface area contributed by atoms with Crippen LogP contribution in [0, 0.1) is 47.8 Å². The smallest absolute Gasteiger partial charge is 0.103 e. The lowest BCUT2D eigenvalue weighted by Gasteiger charge is -2.43. The van der Waals surface area contributed by atoms with Crippen LogP contribution in [0.5, 0.6) is 0 Å². The number of benzene rings is 4. The largest absolute Gasteiger partial charge is 0.306 e. The van der Waals surface area contributed by atoms with Gasteiger partial charge in [0.15, 0.2) is 0 Å². The molecule has 0 aromatic heterocycles. The van der Waals surface area contributed by atoms with Crippen molar-refractivity contribution in [3.8, 4) is 29.3 Å². The van der Waals surface area contributed by atoms with E-state index in [2.05, 4.69) is 134 Å². The number of hydrogen-bond acceptors (Lipinski definition) is 5. The van der Waals surface area contributed by atoms with E-state index in [4.69, 9.17) is 0 Å². The molecule has 0 N–H and O–H groups in total. The fourth-order valence-corrected chi connectivity index (χ4v) is 8.67. The lowest BCUT2D eigenvalue weighted by molar-refractivity contribution is 0.485. The van der Waals surface area contributed by atoms with Gasteiger partial charge < -0.3 is 9.80 Å². The molecule has 3 aliphatic rings. The van der Waals surface area contributed by atoms with Crippen LogP contribution in [-0.4, -0.2) is 0 Å². The molecular weight excluding hydrogens is 623 g/mol. The van der Waals surface area contributed by atoms with Gasteiger partial charge in [-0.15, -0.1) is 0 Å². The minimum absolute atomic E-state index is 0.263. The van der Waals surface area contributed by atoms with E-state index in [0.29, 0.717) is 23.2 Å². The van der Waals surface area contributed by atoms with Crippen molar-refractivity contribution >= 4 is 22.7 Å². The molecule has 51 heavy (non-hydrogen) atoms. The Morgan fingerprint density at radius 3 is 1.84 bits per heavy atom. The summed E-state index contributed by atoms with van der Waals surface area (Å²) < 4.78 is 0. The first-order chi connectivity index (χ1) is 24.9. The molecule has 0 bridgehead atoms. The van der Waals surface area contributed by atoms with Crippen LogP contribution in [0.4, 0.5) is 22.7 Å². The summed E-state index contributed by atoms with van der Waals surface area (Å²) in [6, 6.07) is 30.9. The zero-order valence-corrected chi connectivity index (χ0v) is 30.1. The van der Waals surface area contributed by atoms with Crippen LogP contribution in [-0.2, 0) is 11.8 Å². The Bertz CT molecular complexity index is 2220. The fourth-order valence-electron chi connectivity index (χ4n) is 8.67. The number of hydrogen-bond donors (Lipinski definition) is 0. The first-order valence-electron chi connectivity index (χ1n) is 18.2. The van der Waals surface area contributed by atoms with Gasteiger partial charge in [-0.3, -0.25) is 0 Å². The minimum atomic E-state index is -0.268. The number of allylic oxidation sites excluding steroid dienone is 4. The molecule has 5 nitrogen and oxygen atoms in total. The molecule has 5 heteroatoms. The molecule has 0 radical (unpaired) electrons. The summed E-state index contributed by atoms with van der Waals surface area (Å²) in [5.41, 5.74) is 12.4. The Hall–Kier alpha value is -5.83. The maximum atomic E-state index is 11.3. The van der Waals surface area contributed by atoms with E-state index in [9.17, 15) is 15.8 Å². The monoisotopic (exact) mass is 665 g/mol. The Morgan fingerprint density at radius 1 is 0.647 bits per heavy atom. The second-order valence-electron chi connectivity index (χ2n) is 14.3. The van der Waals surface area contributed by atoms with Gasteiger partial charge in [0, 0.05) is 0 Å². The number of para-hydroxylation sites is 1. The number of rotatable bonds is 5. The molecule has 252 valence electrons. The van der Waals surface area contributed by atoms with E-state index in [1.54, 1.807) is 0 Å². The average Bonchev–Trinajstić information content (AvgIpc) is 3.64. The van der Waals surface area contributed by atoms with Crippen molar-refractivity contribution < 1.29 is 0 Å². The van der Waals surface area contributed by atoms with Gasteiger partial charge in [-0.05, 0) is 115 Å². The highest BCUT2D eigenvalue weighted by atomic mass is 15.3. The van der Waals surface area contributed by atoms with Crippen molar-refractivity contribution in [2.45, 2.75) is 84.5 Å². The highest BCUT2D eigenvalue weighted by molar-refractivity contribution is 5.97. The van der Waals surface area contributed by atoms with Gasteiger partial charge >= 0.3 is 0 Å². The summed E-state index contributed by atoms with van der Waals surface area (Å²) in [5.74, 6) is 0. The fraction of sp³-hybridized carbons (Fsp3) is 0.283.